The predicted octanol–water partition coefficient (Wildman–Crippen LogP) is 1.73. The highest BCUT2D eigenvalue weighted by Gasteiger charge is 2.26. The van der Waals surface area contributed by atoms with Gasteiger partial charge in [0, 0.05) is 42.7 Å². The monoisotopic (exact) mass is 380 g/mol. The van der Waals surface area contributed by atoms with Crippen LogP contribution in [0.15, 0.2) is 35.3 Å². The first-order valence-electron chi connectivity index (χ1n) is 9.53. The molecular weight excluding hydrogens is 356 g/mol. The Kier molecular flexibility index (Phi) is 4.90. The minimum atomic E-state index is -0.130. The van der Waals surface area contributed by atoms with Gasteiger partial charge in [-0.1, -0.05) is 0 Å². The zero-order chi connectivity index (χ0) is 19.7. The molecule has 1 aliphatic rings. The second kappa shape index (κ2) is 7.50. The first-order valence-corrected chi connectivity index (χ1v) is 9.53. The summed E-state index contributed by atoms with van der Waals surface area (Å²) in [5.74, 6) is 0.756. The van der Waals surface area contributed by atoms with Gasteiger partial charge in [0.15, 0.2) is 0 Å². The molecule has 3 aromatic rings. The fraction of sp³-hybridized carbons (Fsp3) is 0.381. The van der Waals surface area contributed by atoms with Gasteiger partial charge in [-0.05, 0) is 55.0 Å². The van der Waals surface area contributed by atoms with E-state index >= 15 is 0 Å². The molecule has 1 amide bonds. The number of fused-ring (bicyclic) bond motifs is 2. The summed E-state index contributed by atoms with van der Waals surface area (Å²) < 4.78 is 6.66. The summed E-state index contributed by atoms with van der Waals surface area (Å²) in [5, 5.41) is 8.47. The average Bonchev–Trinajstić information content (AvgIpc) is 3.10. The minimum absolute atomic E-state index is 0.0451. The van der Waals surface area contributed by atoms with Crippen molar-refractivity contribution in [3.05, 3.63) is 57.6 Å². The molecule has 1 atom stereocenters. The van der Waals surface area contributed by atoms with Crippen molar-refractivity contribution in [1.29, 1.82) is 0 Å². The fourth-order valence-corrected chi connectivity index (χ4v) is 3.87. The molecule has 0 aliphatic heterocycles. The molecule has 2 aromatic heterocycles. The van der Waals surface area contributed by atoms with Crippen molar-refractivity contribution in [3.63, 3.8) is 0 Å². The predicted molar refractivity (Wildman–Crippen MR) is 107 cm³/mol. The van der Waals surface area contributed by atoms with Crippen LogP contribution in [0.3, 0.4) is 0 Å². The number of carbonyl (C=O) groups is 1. The number of H-pyrrole nitrogens is 1. The van der Waals surface area contributed by atoms with Crippen LogP contribution in [-0.4, -0.2) is 34.3 Å². The van der Waals surface area contributed by atoms with Crippen LogP contribution in [0.4, 0.5) is 0 Å². The number of methoxy groups -OCH3 is 1. The number of amides is 1. The molecule has 4 rings (SSSR count). The molecule has 0 bridgehead atoms. The smallest absolute Gasteiger partial charge is 0.266 e. The molecule has 7 nitrogen and oxygen atoms in total. The summed E-state index contributed by atoms with van der Waals surface area (Å²) in [7, 11) is 3.31. The van der Waals surface area contributed by atoms with Crippen molar-refractivity contribution in [3.8, 4) is 5.75 Å². The van der Waals surface area contributed by atoms with Gasteiger partial charge >= 0.3 is 0 Å². The second-order valence-corrected chi connectivity index (χ2v) is 7.28. The highest BCUT2D eigenvalue weighted by molar-refractivity contribution is 5.85. The molecule has 0 saturated heterocycles. The topological polar surface area (TPSA) is 89.0 Å². The van der Waals surface area contributed by atoms with E-state index < -0.39 is 0 Å². The number of rotatable bonds is 5. The van der Waals surface area contributed by atoms with E-state index in [2.05, 4.69) is 15.4 Å². The van der Waals surface area contributed by atoms with Crippen LogP contribution in [0, 0.1) is 5.92 Å². The number of hydrogen-bond acceptors (Lipinski definition) is 4. The van der Waals surface area contributed by atoms with Crippen molar-refractivity contribution < 1.29 is 9.53 Å². The quantitative estimate of drug-likeness (QED) is 0.706. The molecule has 7 heteroatoms. The Hall–Kier alpha value is -3.09. The normalized spacial score (nSPS) is 16.0. The number of benzene rings is 1. The molecule has 2 N–H and O–H groups in total. The SMILES string of the molecule is COc1ccc2[nH]cc(CCNC(=O)[C@@H]3CCc4nn(C)c(=O)cc4C3)c2c1. The molecule has 0 radical (unpaired) electrons. The number of carbonyl (C=O) groups excluding carboxylic acids is 1. The van der Waals surface area contributed by atoms with Gasteiger partial charge in [-0.15, -0.1) is 0 Å². The Morgan fingerprint density at radius 2 is 2.25 bits per heavy atom. The number of aromatic amines is 1. The Bertz CT molecular complexity index is 1080. The van der Waals surface area contributed by atoms with Crippen molar-refractivity contribution >= 4 is 16.8 Å². The molecule has 1 aromatic carbocycles. The Morgan fingerprint density at radius 1 is 1.39 bits per heavy atom. The van der Waals surface area contributed by atoms with E-state index in [1.165, 1.54) is 4.68 Å². The molecule has 0 saturated carbocycles. The minimum Gasteiger partial charge on any atom is -0.497 e. The molecule has 0 fully saturated rings. The largest absolute Gasteiger partial charge is 0.497 e. The zero-order valence-corrected chi connectivity index (χ0v) is 16.1. The first-order chi connectivity index (χ1) is 13.5. The van der Waals surface area contributed by atoms with Gasteiger partial charge in [-0.25, -0.2) is 4.68 Å². The maximum Gasteiger partial charge on any atom is 0.266 e. The highest BCUT2D eigenvalue weighted by Crippen LogP contribution is 2.25. The second-order valence-electron chi connectivity index (χ2n) is 7.28. The van der Waals surface area contributed by atoms with Gasteiger partial charge in [0.05, 0.1) is 12.8 Å². The molecule has 2 heterocycles. The summed E-state index contributed by atoms with van der Waals surface area (Å²) in [4.78, 5) is 27.7. The maximum atomic E-state index is 12.6. The Balaban J connectivity index is 1.37. The van der Waals surface area contributed by atoms with E-state index in [4.69, 9.17) is 4.74 Å². The van der Waals surface area contributed by atoms with Gasteiger partial charge in [-0.3, -0.25) is 9.59 Å². The number of aromatic nitrogens is 3. The average molecular weight is 380 g/mol. The third-order valence-corrected chi connectivity index (χ3v) is 5.49. The summed E-state index contributed by atoms with van der Waals surface area (Å²) in [6.45, 7) is 0.571. The van der Waals surface area contributed by atoms with Crippen LogP contribution in [0.5, 0.6) is 5.75 Å². The lowest BCUT2D eigenvalue weighted by atomic mass is 9.86. The van der Waals surface area contributed by atoms with Crippen molar-refractivity contribution in [1.82, 2.24) is 20.1 Å². The number of ether oxygens (including phenoxy) is 1. The van der Waals surface area contributed by atoms with E-state index in [0.29, 0.717) is 13.0 Å². The van der Waals surface area contributed by atoms with E-state index in [0.717, 1.165) is 52.7 Å². The number of hydrogen-bond donors (Lipinski definition) is 2. The van der Waals surface area contributed by atoms with Crippen LogP contribution in [0.2, 0.25) is 0 Å². The Labute approximate surface area is 162 Å². The third kappa shape index (κ3) is 3.52. The van der Waals surface area contributed by atoms with Crippen LogP contribution in [-0.2, 0) is 31.1 Å². The van der Waals surface area contributed by atoms with Crippen molar-refractivity contribution in [2.24, 2.45) is 13.0 Å². The number of aryl methyl sites for hydroxylation is 2. The van der Waals surface area contributed by atoms with Crippen molar-refractivity contribution in [2.75, 3.05) is 13.7 Å². The van der Waals surface area contributed by atoms with Crippen molar-refractivity contribution in [2.45, 2.75) is 25.7 Å². The van der Waals surface area contributed by atoms with Gasteiger partial charge < -0.3 is 15.0 Å². The Morgan fingerprint density at radius 3 is 3.07 bits per heavy atom. The van der Waals surface area contributed by atoms with E-state index in [-0.39, 0.29) is 17.4 Å². The third-order valence-electron chi connectivity index (χ3n) is 5.49. The molecule has 28 heavy (non-hydrogen) atoms. The van der Waals surface area contributed by atoms with Crippen LogP contribution in [0.1, 0.15) is 23.2 Å². The van der Waals surface area contributed by atoms with Crippen LogP contribution < -0.4 is 15.6 Å². The lowest BCUT2D eigenvalue weighted by Crippen LogP contribution is -2.36. The fourth-order valence-electron chi connectivity index (χ4n) is 3.87. The lowest BCUT2D eigenvalue weighted by Gasteiger charge is -2.23. The summed E-state index contributed by atoms with van der Waals surface area (Å²) in [6, 6.07) is 7.54. The first kappa shape index (κ1) is 18.3. The van der Waals surface area contributed by atoms with Crippen LogP contribution >= 0.6 is 0 Å². The van der Waals surface area contributed by atoms with Gasteiger partial charge in [-0.2, -0.15) is 5.10 Å². The molecule has 146 valence electrons. The molecule has 0 unspecified atom stereocenters. The van der Waals surface area contributed by atoms with Crippen LogP contribution in [0.25, 0.3) is 10.9 Å². The number of nitrogens with zero attached hydrogens (tertiary/aromatic N) is 2. The molecular formula is C21H24N4O3. The lowest BCUT2D eigenvalue weighted by molar-refractivity contribution is -0.125. The van der Waals surface area contributed by atoms with E-state index in [1.807, 2.05) is 24.4 Å². The van der Waals surface area contributed by atoms with E-state index in [1.54, 1.807) is 20.2 Å². The summed E-state index contributed by atoms with van der Waals surface area (Å²) in [6.07, 6.45) is 4.78. The van der Waals surface area contributed by atoms with Gasteiger partial charge in [0.25, 0.3) is 5.56 Å². The standard InChI is InChI=1S/C21H24N4O3/c1-25-20(26)10-15-9-13(3-5-18(15)24-25)21(27)22-8-7-14-12-23-19-6-4-16(28-2)11-17(14)19/h4,6,10-13,23H,3,5,7-9H2,1-2H3,(H,22,27)/t13-/m1/s1. The number of nitrogens with one attached hydrogen (secondary N) is 2. The van der Waals surface area contributed by atoms with Gasteiger partial charge in [0.2, 0.25) is 5.91 Å². The molecule has 0 spiro atoms. The zero-order valence-electron chi connectivity index (χ0n) is 16.1. The maximum absolute atomic E-state index is 12.6. The molecule has 1 aliphatic carbocycles. The summed E-state index contributed by atoms with van der Waals surface area (Å²) in [5.41, 5.74) is 3.91. The summed E-state index contributed by atoms with van der Waals surface area (Å²) >= 11 is 0. The highest BCUT2D eigenvalue weighted by atomic mass is 16.5. The van der Waals surface area contributed by atoms with E-state index in [9.17, 15) is 9.59 Å². The van der Waals surface area contributed by atoms with Gasteiger partial charge in [0.1, 0.15) is 5.75 Å².